The van der Waals surface area contributed by atoms with Crippen LogP contribution < -0.4 is 15.5 Å². The summed E-state index contributed by atoms with van der Waals surface area (Å²) in [5.74, 6) is 2.30. The molecule has 0 spiro atoms. The van der Waals surface area contributed by atoms with Gasteiger partial charge in [-0.3, -0.25) is 4.79 Å². The molecule has 1 fully saturated rings. The smallest absolute Gasteiger partial charge is 0.252 e. The number of morpholine rings is 1. The standard InChI is InChI=1S/C20H24N6O2/c1-15-23-18(13-19(24-15)25-8-10-28-11-9-25)21-5-6-22-20(27)16-12-17-4-2-3-7-26(17)14-16/h2-4,7,12-14H,5-6,8-11H2,1H3,(H,22,27)(H,21,23,24). The van der Waals surface area contributed by atoms with E-state index in [1.54, 1.807) is 0 Å². The summed E-state index contributed by atoms with van der Waals surface area (Å²) >= 11 is 0. The van der Waals surface area contributed by atoms with Gasteiger partial charge >= 0.3 is 0 Å². The zero-order valence-electron chi connectivity index (χ0n) is 15.9. The van der Waals surface area contributed by atoms with E-state index in [1.807, 2.05) is 54.0 Å². The van der Waals surface area contributed by atoms with Crippen LogP contribution in [0.25, 0.3) is 5.52 Å². The number of hydrogen-bond acceptors (Lipinski definition) is 6. The lowest BCUT2D eigenvalue weighted by Gasteiger charge is -2.28. The van der Waals surface area contributed by atoms with E-state index in [0.29, 0.717) is 31.9 Å². The van der Waals surface area contributed by atoms with Crippen LogP contribution in [0.3, 0.4) is 0 Å². The van der Waals surface area contributed by atoms with Crippen molar-refractivity contribution in [2.75, 3.05) is 49.6 Å². The molecule has 4 rings (SSSR count). The quantitative estimate of drug-likeness (QED) is 0.634. The molecule has 4 heterocycles. The Morgan fingerprint density at radius 2 is 2.04 bits per heavy atom. The lowest BCUT2D eigenvalue weighted by atomic mass is 10.3. The maximum atomic E-state index is 12.3. The first-order valence-corrected chi connectivity index (χ1v) is 9.46. The van der Waals surface area contributed by atoms with Crippen molar-refractivity contribution in [1.29, 1.82) is 0 Å². The first-order valence-electron chi connectivity index (χ1n) is 9.46. The van der Waals surface area contributed by atoms with Crippen molar-refractivity contribution in [3.63, 3.8) is 0 Å². The first-order chi connectivity index (χ1) is 13.7. The highest BCUT2D eigenvalue weighted by Gasteiger charge is 2.14. The predicted molar refractivity (Wildman–Crippen MR) is 108 cm³/mol. The highest BCUT2D eigenvalue weighted by atomic mass is 16.5. The Kier molecular flexibility index (Phi) is 5.38. The fourth-order valence-corrected chi connectivity index (χ4v) is 3.25. The Balaban J connectivity index is 1.31. The molecule has 0 bridgehead atoms. The minimum Gasteiger partial charge on any atom is -0.378 e. The SMILES string of the molecule is Cc1nc(NCCNC(=O)c2cc3ccccn3c2)cc(N2CCOCC2)n1. The van der Waals surface area contributed by atoms with Gasteiger partial charge in [-0.05, 0) is 25.1 Å². The summed E-state index contributed by atoms with van der Waals surface area (Å²) in [5.41, 5.74) is 1.65. The summed E-state index contributed by atoms with van der Waals surface area (Å²) in [7, 11) is 0. The monoisotopic (exact) mass is 380 g/mol. The Labute approximate surface area is 163 Å². The van der Waals surface area contributed by atoms with Gasteiger partial charge < -0.3 is 24.7 Å². The minimum atomic E-state index is -0.0848. The predicted octanol–water partition coefficient (Wildman–Crippen LogP) is 1.72. The van der Waals surface area contributed by atoms with Crippen LogP contribution in [0.4, 0.5) is 11.6 Å². The van der Waals surface area contributed by atoms with Gasteiger partial charge in [-0.2, -0.15) is 0 Å². The average molecular weight is 380 g/mol. The van der Waals surface area contributed by atoms with Crippen LogP contribution in [-0.2, 0) is 4.74 Å². The number of ether oxygens (including phenoxy) is 1. The van der Waals surface area contributed by atoms with E-state index in [9.17, 15) is 4.79 Å². The van der Waals surface area contributed by atoms with Crippen LogP contribution in [0.1, 0.15) is 16.2 Å². The Bertz CT molecular complexity index is 931. The molecule has 0 aliphatic carbocycles. The summed E-state index contributed by atoms with van der Waals surface area (Å²) in [6.07, 6.45) is 3.76. The largest absolute Gasteiger partial charge is 0.378 e. The number of amides is 1. The number of pyridine rings is 1. The van der Waals surface area contributed by atoms with Crippen LogP contribution in [0.15, 0.2) is 42.7 Å². The van der Waals surface area contributed by atoms with Crippen molar-refractivity contribution < 1.29 is 9.53 Å². The molecule has 3 aromatic rings. The van der Waals surface area contributed by atoms with Crippen molar-refractivity contribution in [2.45, 2.75) is 6.92 Å². The van der Waals surface area contributed by atoms with Crippen LogP contribution in [0.5, 0.6) is 0 Å². The fraction of sp³-hybridized carbons (Fsp3) is 0.350. The molecule has 0 unspecified atom stereocenters. The zero-order valence-corrected chi connectivity index (χ0v) is 15.9. The maximum absolute atomic E-state index is 12.3. The molecule has 1 aliphatic heterocycles. The topological polar surface area (TPSA) is 83.8 Å². The number of anilines is 2. The third-order valence-corrected chi connectivity index (χ3v) is 4.64. The third kappa shape index (κ3) is 4.23. The second-order valence-electron chi connectivity index (χ2n) is 6.70. The number of fused-ring (bicyclic) bond motifs is 1. The molecule has 1 amide bonds. The number of aromatic nitrogens is 3. The molecule has 8 nitrogen and oxygen atoms in total. The van der Waals surface area contributed by atoms with Crippen molar-refractivity contribution in [3.8, 4) is 0 Å². The maximum Gasteiger partial charge on any atom is 0.252 e. The second kappa shape index (κ2) is 8.26. The summed E-state index contributed by atoms with van der Waals surface area (Å²) in [4.78, 5) is 23.5. The molecule has 0 saturated carbocycles. The molecule has 3 aromatic heterocycles. The van der Waals surface area contributed by atoms with E-state index >= 15 is 0 Å². The van der Waals surface area contributed by atoms with Crippen LogP contribution >= 0.6 is 0 Å². The van der Waals surface area contributed by atoms with Gasteiger partial charge in [0.2, 0.25) is 0 Å². The fourth-order valence-electron chi connectivity index (χ4n) is 3.25. The lowest BCUT2D eigenvalue weighted by molar-refractivity contribution is 0.0955. The molecule has 2 N–H and O–H groups in total. The number of nitrogens with one attached hydrogen (secondary N) is 2. The van der Waals surface area contributed by atoms with Crippen molar-refractivity contribution in [1.82, 2.24) is 19.7 Å². The van der Waals surface area contributed by atoms with Crippen LogP contribution in [-0.4, -0.2) is 59.7 Å². The summed E-state index contributed by atoms with van der Waals surface area (Å²) < 4.78 is 7.33. The van der Waals surface area contributed by atoms with Gasteiger partial charge in [-0.1, -0.05) is 6.07 Å². The molecule has 146 valence electrons. The molecule has 8 heteroatoms. The lowest BCUT2D eigenvalue weighted by Crippen LogP contribution is -2.37. The molecular formula is C20H24N6O2. The number of nitrogens with zero attached hydrogens (tertiary/aromatic N) is 4. The number of aryl methyl sites for hydroxylation is 1. The van der Waals surface area contributed by atoms with E-state index in [0.717, 1.165) is 36.1 Å². The highest BCUT2D eigenvalue weighted by Crippen LogP contribution is 2.17. The molecule has 0 aromatic carbocycles. The van der Waals surface area contributed by atoms with Gasteiger partial charge in [-0.15, -0.1) is 0 Å². The van der Waals surface area contributed by atoms with Gasteiger partial charge in [-0.25, -0.2) is 9.97 Å². The number of carbonyl (C=O) groups is 1. The number of carbonyl (C=O) groups excluding carboxylic acids is 1. The summed E-state index contributed by atoms with van der Waals surface area (Å²) in [5, 5.41) is 6.21. The first kappa shape index (κ1) is 18.2. The van der Waals surface area contributed by atoms with Crippen molar-refractivity contribution >= 4 is 23.1 Å². The summed E-state index contributed by atoms with van der Waals surface area (Å²) in [6.45, 7) is 6.06. The zero-order chi connectivity index (χ0) is 19.3. The molecule has 0 atom stereocenters. The summed E-state index contributed by atoms with van der Waals surface area (Å²) in [6, 6.07) is 9.69. The number of rotatable bonds is 6. The van der Waals surface area contributed by atoms with E-state index in [1.165, 1.54) is 0 Å². The molecule has 1 saturated heterocycles. The Hall–Kier alpha value is -3.13. The molecule has 0 radical (unpaired) electrons. The normalized spacial score (nSPS) is 14.2. The average Bonchev–Trinajstić information content (AvgIpc) is 3.16. The van der Waals surface area contributed by atoms with Gasteiger partial charge in [0, 0.05) is 50.2 Å². The van der Waals surface area contributed by atoms with E-state index < -0.39 is 0 Å². The number of hydrogen-bond donors (Lipinski definition) is 2. The van der Waals surface area contributed by atoms with Crippen molar-refractivity contribution in [2.24, 2.45) is 0 Å². The minimum absolute atomic E-state index is 0.0848. The van der Waals surface area contributed by atoms with Crippen LogP contribution in [0.2, 0.25) is 0 Å². The van der Waals surface area contributed by atoms with Gasteiger partial charge in [0.05, 0.1) is 18.8 Å². The highest BCUT2D eigenvalue weighted by molar-refractivity contribution is 5.95. The second-order valence-corrected chi connectivity index (χ2v) is 6.70. The Morgan fingerprint density at radius 3 is 2.86 bits per heavy atom. The van der Waals surface area contributed by atoms with Gasteiger partial charge in [0.15, 0.2) is 0 Å². The Morgan fingerprint density at radius 1 is 1.18 bits per heavy atom. The van der Waals surface area contributed by atoms with E-state index in [4.69, 9.17) is 4.74 Å². The van der Waals surface area contributed by atoms with Gasteiger partial charge in [0.25, 0.3) is 5.91 Å². The van der Waals surface area contributed by atoms with Crippen LogP contribution in [0, 0.1) is 6.92 Å². The molecule has 1 aliphatic rings. The van der Waals surface area contributed by atoms with Gasteiger partial charge in [0.1, 0.15) is 17.5 Å². The molecular weight excluding hydrogens is 356 g/mol. The van der Waals surface area contributed by atoms with E-state index in [-0.39, 0.29) is 5.91 Å². The third-order valence-electron chi connectivity index (χ3n) is 4.64. The van der Waals surface area contributed by atoms with Crippen molar-refractivity contribution in [3.05, 3.63) is 54.1 Å². The molecule has 28 heavy (non-hydrogen) atoms. The van der Waals surface area contributed by atoms with E-state index in [2.05, 4.69) is 25.5 Å².